The molecule has 0 unspecified atom stereocenters. The first-order chi connectivity index (χ1) is 13.5. The Balaban J connectivity index is 1.75. The van der Waals surface area contributed by atoms with Gasteiger partial charge in [-0.2, -0.15) is 5.10 Å². The minimum absolute atomic E-state index is 0.202. The molecule has 10 heteroatoms. The smallest absolute Gasteiger partial charge is 0.265 e. The van der Waals surface area contributed by atoms with Crippen molar-refractivity contribution in [1.82, 2.24) is 39.4 Å². The third-order valence-corrected chi connectivity index (χ3v) is 4.82. The standard InChI is InChI=1S/C18H13ClN8O/c1-10-21-22-11(2)27(10)25-8-7-15-16(18(25)28)23-24-17-14(9-20-26(15)17)12-3-5-13(19)6-4-12/h3-9H,1-2H3. The maximum atomic E-state index is 13.0. The Morgan fingerprint density at radius 2 is 1.64 bits per heavy atom. The molecule has 0 amide bonds. The van der Waals surface area contributed by atoms with Gasteiger partial charge in [0.05, 0.1) is 6.20 Å². The number of aryl methyl sites for hydroxylation is 2. The second kappa shape index (κ2) is 5.96. The minimum Gasteiger partial charge on any atom is -0.265 e. The van der Waals surface area contributed by atoms with Gasteiger partial charge in [0.1, 0.15) is 17.2 Å². The van der Waals surface area contributed by atoms with E-state index in [1.165, 1.54) is 4.68 Å². The summed E-state index contributed by atoms with van der Waals surface area (Å²) < 4.78 is 4.65. The van der Waals surface area contributed by atoms with E-state index in [0.29, 0.717) is 27.8 Å². The lowest BCUT2D eigenvalue weighted by Crippen LogP contribution is -2.28. The van der Waals surface area contributed by atoms with E-state index >= 15 is 0 Å². The van der Waals surface area contributed by atoms with Crippen LogP contribution >= 0.6 is 11.6 Å². The lowest BCUT2D eigenvalue weighted by Gasteiger charge is -2.10. The van der Waals surface area contributed by atoms with Crippen LogP contribution in [0.15, 0.2) is 47.5 Å². The molecule has 0 radical (unpaired) electrons. The first kappa shape index (κ1) is 16.6. The van der Waals surface area contributed by atoms with Gasteiger partial charge in [0.15, 0.2) is 11.2 Å². The summed E-state index contributed by atoms with van der Waals surface area (Å²) in [4.78, 5) is 13.0. The van der Waals surface area contributed by atoms with Crippen LogP contribution in [0.5, 0.6) is 0 Å². The molecule has 0 N–H and O–H groups in total. The van der Waals surface area contributed by atoms with E-state index in [1.807, 2.05) is 12.1 Å². The Kier molecular flexibility index (Phi) is 3.53. The monoisotopic (exact) mass is 392 g/mol. The van der Waals surface area contributed by atoms with E-state index in [0.717, 1.165) is 11.1 Å². The second-order valence-corrected chi connectivity index (χ2v) is 6.74. The lowest BCUT2D eigenvalue weighted by molar-refractivity contribution is 0.593. The Morgan fingerprint density at radius 3 is 2.36 bits per heavy atom. The van der Waals surface area contributed by atoms with E-state index < -0.39 is 0 Å². The number of pyridine rings is 1. The largest absolute Gasteiger partial charge is 0.299 e. The van der Waals surface area contributed by atoms with Crippen LogP contribution in [0.4, 0.5) is 0 Å². The van der Waals surface area contributed by atoms with Gasteiger partial charge < -0.3 is 0 Å². The molecule has 138 valence electrons. The first-order valence-electron chi connectivity index (χ1n) is 8.45. The van der Waals surface area contributed by atoms with Crippen LogP contribution in [0.1, 0.15) is 11.6 Å². The van der Waals surface area contributed by atoms with Crippen LogP contribution in [0.3, 0.4) is 0 Å². The summed E-state index contributed by atoms with van der Waals surface area (Å²) in [5.74, 6) is 1.19. The molecule has 0 bridgehead atoms. The summed E-state index contributed by atoms with van der Waals surface area (Å²) in [6.07, 6.45) is 3.35. The van der Waals surface area contributed by atoms with Crippen molar-refractivity contribution >= 4 is 28.3 Å². The van der Waals surface area contributed by atoms with Crippen LogP contribution in [0.2, 0.25) is 5.02 Å². The molecule has 0 aliphatic rings. The highest BCUT2D eigenvalue weighted by atomic mass is 35.5. The fourth-order valence-electron chi connectivity index (χ4n) is 3.25. The highest BCUT2D eigenvalue weighted by Crippen LogP contribution is 2.25. The van der Waals surface area contributed by atoms with Crippen molar-refractivity contribution in [2.45, 2.75) is 13.8 Å². The third kappa shape index (κ3) is 2.33. The molecule has 1 aromatic carbocycles. The Labute approximate surface area is 162 Å². The van der Waals surface area contributed by atoms with Crippen LogP contribution in [-0.2, 0) is 0 Å². The van der Waals surface area contributed by atoms with Gasteiger partial charge in [-0.25, -0.2) is 13.9 Å². The van der Waals surface area contributed by atoms with Gasteiger partial charge in [0.2, 0.25) is 0 Å². The van der Waals surface area contributed by atoms with Crippen molar-refractivity contribution in [3.8, 4) is 11.1 Å². The number of halogens is 1. The molecule has 0 aliphatic heterocycles. The third-order valence-electron chi connectivity index (χ3n) is 4.57. The van der Waals surface area contributed by atoms with E-state index in [1.54, 1.807) is 53.6 Å². The highest BCUT2D eigenvalue weighted by molar-refractivity contribution is 6.30. The Morgan fingerprint density at radius 1 is 0.929 bits per heavy atom. The molecule has 0 saturated carbocycles. The van der Waals surface area contributed by atoms with Gasteiger partial charge >= 0.3 is 0 Å². The molecule has 4 heterocycles. The molecular formula is C18H13ClN8O. The van der Waals surface area contributed by atoms with Crippen LogP contribution < -0.4 is 5.56 Å². The van der Waals surface area contributed by atoms with Crippen molar-refractivity contribution in [1.29, 1.82) is 0 Å². The molecule has 0 saturated heterocycles. The number of hydrogen-bond acceptors (Lipinski definition) is 6. The van der Waals surface area contributed by atoms with Crippen molar-refractivity contribution in [3.05, 3.63) is 69.8 Å². The Bertz CT molecular complexity index is 1390. The summed E-state index contributed by atoms with van der Waals surface area (Å²) in [6, 6.07) is 9.16. The second-order valence-electron chi connectivity index (χ2n) is 6.31. The molecule has 5 aromatic rings. The fourth-order valence-corrected chi connectivity index (χ4v) is 3.37. The van der Waals surface area contributed by atoms with E-state index in [4.69, 9.17) is 11.6 Å². The number of fused-ring (bicyclic) bond motifs is 3. The first-order valence-corrected chi connectivity index (χ1v) is 8.83. The number of aromatic nitrogens is 8. The average Bonchev–Trinajstić information content (AvgIpc) is 3.27. The summed E-state index contributed by atoms with van der Waals surface area (Å²) in [6.45, 7) is 3.55. The number of benzene rings is 1. The van der Waals surface area contributed by atoms with Crippen LogP contribution in [0.25, 0.3) is 27.8 Å². The molecular weight excluding hydrogens is 380 g/mol. The summed E-state index contributed by atoms with van der Waals surface area (Å²) in [5.41, 5.74) is 2.71. The lowest BCUT2D eigenvalue weighted by atomic mass is 10.1. The van der Waals surface area contributed by atoms with Crippen molar-refractivity contribution in [3.63, 3.8) is 0 Å². The topological polar surface area (TPSA) is 95.8 Å². The summed E-state index contributed by atoms with van der Waals surface area (Å²) >= 11 is 5.97. The van der Waals surface area contributed by atoms with Crippen LogP contribution in [-0.4, -0.2) is 39.4 Å². The predicted octanol–water partition coefficient (Wildman–Crippen LogP) is 2.28. The number of rotatable bonds is 2. The normalized spacial score (nSPS) is 11.5. The van der Waals surface area contributed by atoms with Crippen molar-refractivity contribution in [2.24, 2.45) is 0 Å². The molecule has 0 fully saturated rings. The van der Waals surface area contributed by atoms with E-state index in [2.05, 4.69) is 25.5 Å². The summed E-state index contributed by atoms with van der Waals surface area (Å²) in [7, 11) is 0. The number of nitrogens with zero attached hydrogens (tertiary/aromatic N) is 8. The predicted molar refractivity (Wildman–Crippen MR) is 103 cm³/mol. The SMILES string of the molecule is Cc1nnc(C)n1-n1ccc2c(nnc3c(-c4ccc(Cl)cc4)cnn32)c1=O. The molecule has 4 aromatic heterocycles. The van der Waals surface area contributed by atoms with Gasteiger partial charge in [-0.1, -0.05) is 23.7 Å². The molecule has 0 aliphatic carbocycles. The highest BCUT2D eigenvalue weighted by Gasteiger charge is 2.16. The van der Waals surface area contributed by atoms with Crippen molar-refractivity contribution < 1.29 is 0 Å². The van der Waals surface area contributed by atoms with Gasteiger partial charge in [-0.05, 0) is 37.6 Å². The maximum Gasteiger partial charge on any atom is 0.299 e. The molecule has 0 spiro atoms. The number of hydrogen-bond donors (Lipinski definition) is 0. The zero-order valence-electron chi connectivity index (χ0n) is 14.9. The molecule has 28 heavy (non-hydrogen) atoms. The zero-order valence-corrected chi connectivity index (χ0v) is 15.7. The van der Waals surface area contributed by atoms with Gasteiger partial charge in [0, 0.05) is 16.8 Å². The zero-order chi connectivity index (χ0) is 19.4. The quantitative estimate of drug-likeness (QED) is 0.457. The minimum atomic E-state index is -0.332. The summed E-state index contributed by atoms with van der Waals surface area (Å²) in [5, 5.41) is 21.5. The fraction of sp³-hybridized carbons (Fsp3) is 0.111. The van der Waals surface area contributed by atoms with Gasteiger partial charge in [-0.15, -0.1) is 20.4 Å². The average molecular weight is 393 g/mol. The van der Waals surface area contributed by atoms with Gasteiger partial charge in [-0.3, -0.25) is 4.79 Å². The maximum absolute atomic E-state index is 13.0. The van der Waals surface area contributed by atoms with Crippen LogP contribution in [0, 0.1) is 13.8 Å². The van der Waals surface area contributed by atoms with Gasteiger partial charge in [0.25, 0.3) is 5.56 Å². The molecule has 5 rings (SSSR count). The Hall–Kier alpha value is -3.59. The van der Waals surface area contributed by atoms with Crippen molar-refractivity contribution in [2.75, 3.05) is 0 Å². The molecule has 9 nitrogen and oxygen atoms in total. The van der Waals surface area contributed by atoms with E-state index in [9.17, 15) is 4.79 Å². The molecule has 0 atom stereocenters. The van der Waals surface area contributed by atoms with E-state index in [-0.39, 0.29) is 11.1 Å².